The number of carbonyl (C=O) groups is 2. The number of benzene rings is 4. The summed E-state index contributed by atoms with van der Waals surface area (Å²) in [5, 5.41) is 5.16. The van der Waals surface area contributed by atoms with E-state index in [1.165, 1.54) is 4.68 Å². The van der Waals surface area contributed by atoms with E-state index >= 15 is 0 Å². The van der Waals surface area contributed by atoms with E-state index in [0.29, 0.717) is 10.8 Å². The number of nitrogens with zero attached hydrogens (tertiary/aromatic N) is 2. The van der Waals surface area contributed by atoms with Crippen molar-refractivity contribution in [2.45, 2.75) is 12.5 Å². The second-order valence-electron chi connectivity index (χ2n) is 8.54. The molecule has 5 rings (SSSR count). The Kier molecular flexibility index (Phi) is 6.85. The van der Waals surface area contributed by atoms with Crippen LogP contribution < -0.4 is 16.4 Å². The van der Waals surface area contributed by atoms with Crippen molar-refractivity contribution in [2.75, 3.05) is 0 Å². The Balaban J connectivity index is 1.43. The Bertz CT molecular complexity index is 1560. The lowest BCUT2D eigenvalue weighted by Crippen LogP contribution is -2.45. The van der Waals surface area contributed by atoms with Crippen LogP contribution in [0.15, 0.2) is 120 Å². The van der Waals surface area contributed by atoms with Crippen LogP contribution in [0.2, 0.25) is 0 Å². The molecule has 0 bridgehead atoms. The highest BCUT2D eigenvalue weighted by molar-refractivity contribution is 6.05. The van der Waals surface area contributed by atoms with Crippen molar-refractivity contribution < 1.29 is 9.59 Å². The lowest BCUT2D eigenvalue weighted by Gasteiger charge is -2.18. The first-order valence-electron chi connectivity index (χ1n) is 11.9. The van der Waals surface area contributed by atoms with Gasteiger partial charge in [0, 0.05) is 5.39 Å². The molecule has 2 amide bonds. The van der Waals surface area contributed by atoms with Gasteiger partial charge in [0.1, 0.15) is 0 Å². The number of fused-ring (bicyclic) bond motifs is 1. The third-order valence-electron chi connectivity index (χ3n) is 6.09. The van der Waals surface area contributed by atoms with E-state index in [1.807, 2.05) is 91.0 Å². The van der Waals surface area contributed by atoms with Crippen LogP contribution in [0.5, 0.6) is 0 Å². The van der Waals surface area contributed by atoms with Crippen molar-refractivity contribution in [3.63, 3.8) is 0 Å². The van der Waals surface area contributed by atoms with Gasteiger partial charge in [-0.1, -0.05) is 109 Å². The number of hydrogen-bond donors (Lipinski definition) is 2. The Morgan fingerprint density at radius 1 is 0.676 bits per heavy atom. The maximum atomic E-state index is 13.3. The van der Waals surface area contributed by atoms with Gasteiger partial charge in [-0.2, -0.15) is 5.10 Å². The fraction of sp³-hybridized carbons (Fsp3) is 0.0667. The van der Waals surface area contributed by atoms with E-state index in [-0.39, 0.29) is 17.8 Å². The van der Waals surface area contributed by atoms with Crippen molar-refractivity contribution >= 4 is 22.6 Å². The molecule has 5 aromatic rings. The maximum absolute atomic E-state index is 13.3. The van der Waals surface area contributed by atoms with Crippen molar-refractivity contribution in [3.05, 3.63) is 148 Å². The molecule has 1 aromatic heterocycles. The summed E-state index contributed by atoms with van der Waals surface area (Å²) in [6, 6.07) is 34.9. The molecule has 4 aromatic carbocycles. The zero-order valence-corrected chi connectivity index (χ0v) is 19.9. The van der Waals surface area contributed by atoms with Gasteiger partial charge >= 0.3 is 0 Å². The highest BCUT2D eigenvalue weighted by Crippen LogP contribution is 2.24. The molecule has 0 spiro atoms. The summed E-state index contributed by atoms with van der Waals surface area (Å²) >= 11 is 0. The third kappa shape index (κ3) is 5.16. The van der Waals surface area contributed by atoms with Crippen LogP contribution in [0.25, 0.3) is 10.8 Å². The first kappa shape index (κ1) is 23.7. The topological polar surface area (TPSA) is 93.1 Å². The second kappa shape index (κ2) is 10.7. The van der Waals surface area contributed by atoms with Crippen LogP contribution in [0.3, 0.4) is 0 Å². The van der Waals surface area contributed by atoms with Gasteiger partial charge in [-0.25, -0.2) is 4.68 Å². The number of hydrazine groups is 1. The first-order valence-corrected chi connectivity index (χ1v) is 11.9. The zero-order valence-electron chi connectivity index (χ0n) is 19.9. The van der Waals surface area contributed by atoms with Gasteiger partial charge in [0.25, 0.3) is 11.5 Å². The van der Waals surface area contributed by atoms with E-state index < -0.39 is 17.7 Å². The number of nitrogens with one attached hydrogen (secondary N) is 2. The van der Waals surface area contributed by atoms with Crippen LogP contribution in [0.4, 0.5) is 0 Å². The fourth-order valence-electron chi connectivity index (χ4n) is 4.30. The van der Waals surface area contributed by atoms with Gasteiger partial charge in [0.2, 0.25) is 5.91 Å². The third-order valence-corrected chi connectivity index (χ3v) is 6.09. The number of carbonyl (C=O) groups excluding carboxylic acids is 2. The van der Waals surface area contributed by atoms with Gasteiger partial charge in [-0.3, -0.25) is 25.2 Å². The summed E-state index contributed by atoms with van der Waals surface area (Å²) in [6.07, 6.45) is 0. The molecule has 0 atom stereocenters. The Morgan fingerprint density at radius 3 is 1.78 bits per heavy atom. The first-order chi connectivity index (χ1) is 18.1. The average Bonchev–Trinajstić information content (AvgIpc) is 2.95. The van der Waals surface area contributed by atoms with Crippen LogP contribution >= 0.6 is 0 Å². The van der Waals surface area contributed by atoms with Gasteiger partial charge in [-0.15, -0.1) is 0 Å². The summed E-state index contributed by atoms with van der Waals surface area (Å²) in [6.45, 7) is 0.210. The molecule has 37 heavy (non-hydrogen) atoms. The molecule has 0 radical (unpaired) electrons. The molecule has 0 aliphatic carbocycles. The quantitative estimate of drug-likeness (QED) is 0.353. The summed E-state index contributed by atoms with van der Waals surface area (Å²) < 4.78 is 1.27. The number of rotatable bonds is 6. The predicted octanol–water partition coefficient (Wildman–Crippen LogP) is 4.04. The smallest absolute Gasteiger partial charge is 0.272 e. The average molecular weight is 489 g/mol. The summed E-state index contributed by atoms with van der Waals surface area (Å²) in [5.41, 5.74) is 7.27. The largest absolute Gasteiger partial charge is 0.290 e. The minimum Gasteiger partial charge on any atom is -0.272 e. The van der Waals surface area contributed by atoms with E-state index in [1.54, 1.807) is 24.3 Å². The summed E-state index contributed by atoms with van der Waals surface area (Å²) in [4.78, 5) is 39.7. The van der Waals surface area contributed by atoms with Crippen LogP contribution in [0.1, 0.15) is 33.1 Å². The summed E-state index contributed by atoms with van der Waals surface area (Å²) in [7, 11) is 0. The van der Waals surface area contributed by atoms with E-state index in [2.05, 4.69) is 16.0 Å². The van der Waals surface area contributed by atoms with E-state index in [4.69, 9.17) is 0 Å². The van der Waals surface area contributed by atoms with Crippen molar-refractivity contribution in [2.24, 2.45) is 0 Å². The highest BCUT2D eigenvalue weighted by Gasteiger charge is 2.24. The lowest BCUT2D eigenvalue weighted by atomic mass is 9.91. The number of amides is 2. The van der Waals surface area contributed by atoms with Gasteiger partial charge in [0.15, 0.2) is 5.69 Å². The van der Waals surface area contributed by atoms with Crippen molar-refractivity contribution in [3.8, 4) is 0 Å². The maximum Gasteiger partial charge on any atom is 0.290 e. The molecule has 1 heterocycles. The normalized spacial score (nSPS) is 10.8. The number of hydrogen-bond acceptors (Lipinski definition) is 4. The van der Waals surface area contributed by atoms with E-state index in [0.717, 1.165) is 16.7 Å². The van der Waals surface area contributed by atoms with Crippen LogP contribution in [-0.4, -0.2) is 21.6 Å². The summed E-state index contributed by atoms with van der Waals surface area (Å²) in [5.74, 6) is -1.64. The van der Waals surface area contributed by atoms with Crippen molar-refractivity contribution in [1.82, 2.24) is 20.6 Å². The Hall–Kier alpha value is -5.04. The molecular weight excluding hydrogens is 464 g/mol. The predicted molar refractivity (Wildman–Crippen MR) is 142 cm³/mol. The molecular formula is C30H24N4O3. The fourth-order valence-corrected chi connectivity index (χ4v) is 4.30. The van der Waals surface area contributed by atoms with Gasteiger partial charge in [-0.05, 0) is 22.8 Å². The van der Waals surface area contributed by atoms with Gasteiger partial charge in [0.05, 0.1) is 17.8 Å². The molecule has 0 aliphatic rings. The lowest BCUT2D eigenvalue weighted by molar-refractivity contribution is -0.122. The molecule has 0 unspecified atom stereocenters. The zero-order chi connectivity index (χ0) is 25.6. The molecule has 7 heteroatoms. The molecule has 0 saturated carbocycles. The molecule has 0 fully saturated rings. The molecule has 7 nitrogen and oxygen atoms in total. The minimum absolute atomic E-state index is 0.0439. The standard InChI is InChI=1S/C30H24N4O3/c35-28(26(22-14-6-2-7-15-22)23-16-8-3-9-17-23)31-32-29(36)27-24-18-10-11-19-25(24)30(37)34(33-27)20-21-12-4-1-5-13-21/h1-19,26H,20H2,(H,31,35)(H,32,36). The molecule has 182 valence electrons. The second-order valence-corrected chi connectivity index (χ2v) is 8.54. The Labute approximate surface area is 213 Å². The SMILES string of the molecule is O=C(NNC(=O)C(c1ccccc1)c1ccccc1)c1nn(Cc2ccccc2)c(=O)c2ccccc12. The van der Waals surface area contributed by atoms with Crippen molar-refractivity contribution in [1.29, 1.82) is 0 Å². The molecule has 0 aliphatic heterocycles. The highest BCUT2D eigenvalue weighted by atomic mass is 16.2. The van der Waals surface area contributed by atoms with Gasteiger partial charge < -0.3 is 0 Å². The van der Waals surface area contributed by atoms with Crippen LogP contribution in [0, 0.1) is 0 Å². The van der Waals surface area contributed by atoms with E-state index in [9.17, 15) is 14.4 Å². The molecule has 0 saturated heterocycles. The number of aromatic nitrogens is 2. The minimum atomic E-state index is -0.626. The Morgan fingerprint density at radius 2 is 1.19 bits per heavy atom. The monoisotopic (exact) mass is 488 g/mol. The van der Waals surface area contributed by atoms with Crippen LogP contribution in [-0.2, 0) is 11.3 Å². The molecule has 2 N–H and O–H groups in total.